The van der Waals surface area contributed by atoms with Gasteiger partial charge in [-0.1, -0.05) is 159 Å². The molecule has 10 aromatic carbocycles. The number of thiophene rings is 2. The highest BCUT2D eigenvalue weighted by Gasteiger charge is 2.24. The first-order valence-corrected chi connectivity index (χ1v) is 24.5. The van der Waals surface area contributed by atoms with Crippen LogP contribution in [0.4, 0.5) is 0 Å². The van der Waals surface area contributed by atoms with E-state index in [9.17, 15) is 0 Å². The maximum atomic E-state index is 2.56. The molecule has 0 saturated heterocycles. The van der Waals surface area contributed by atoms with Crippen LogP contribution in [-0.2, 0) is 0 Å². The summed E-state index contributed by atoms with van der Waals surface area (Å²) in [5, 5.41) is 13.4. The van der Waals surface area contributed by atoms with Crippen LogP contribution in [-0.4, -0.2) is 0 Å². The molecule has 0 aliphatic carbocycles. The molecule has 2 aromatic heterocycles. The molecule has 2 heterocycles. The van der Waals surface area contributed by atoms with Crippen LogP contribution in [0.25, 0.3) is 117 Å². The molecule has 310 valence electrons. The van der Waals surface area contributed by atoms with Gasteiger partial charge in [-0.3, -0.25) is 0 Å². The zero-order chi connectivity index (χ0) is 43.7. The first-order valence-electron chi connectivity index (χ1n) is 22.8. The predicted octanol–water partition coefficient (Wildman–Crippen LogP) is 19.5. The highest BCUT2D eigenvalue weighted by molar-refractivity contribution is 7.27. The van der Waals surface area contributed by atoms with E-state index >= 15 is 0 Å². The molecule has 0 nitrogen and oxygen atoms in total. The average molecular weight is 859 g/mol. The van der Waals surface area contributed by atoms with Crippen molar-refractivity contribution in [2.45, 2.75) is 67.2 Å². The normalized spacial score (nSPS) is 12.3. The number of fused-ring (bicyclic) bond motifs is 8. The Morgan fingerprint density at radius 3 is 1.02 bits per heavy atom. The smallest absolute Gasteiger partial charge is 0.0434 e. The second-order valence-corrected chi connectivity index (χ2v) is 21.3. The van der Waals surface area contributed by atoms with Gasteiger partial charge in [0.05, 0.1) is 0 Å². The molecule has 0 spiro atoms. The summed E-state index contributed by atoms with van der Waals surface area (Å²) in [7, 11) is 0. The fraction of sp³-hybridized carbons (Fsp3) is 0.161. The Hall–Kier alpha value is -6.32. The lowest BCUT2D eigenvalue weighted by molar-refractivity contribution is 0.867. The van der Waals surface area contributed by atoms with E-state index in [4.69, 9.17) is 0 Å². The SMILES string of the molecule is Cc1cc(C)cc(-c2ccc3c(c2)sc2c3cc3c(-c4ccc(C(C)C)cc4)cc4c5sc6cc(-c7cc(C)cc(C)c7)ccc6c5cc5c(-c6ccc(C(C)C)cc6)cc2c3c54)c1. The molecule has 0 aliphatic heterocycles. The van der Waals surface area contributed by atoms with Gasteiger partial charge < -0.3 is 0 Å². The zero-order valence-corrected chi connectivity index (χ0v) is 39.5. The lowest BCUT2D eigenvalue weighted by atomic mass is 9.84. The van der Waals surface area contributed by atoms with E-state index in [0.717, 1.165) is 0 Å². The van der Waals surface area contributed by atoms with E-state index in [2.05, 4.69) is 201 Å². The molecular formula is C62H50S2. The predicted molar refractivity (Wildman–Crippen MR) is 285 cm³/mol. The molecule has 0 bridgehead atoms. The average Bonchev–Trinajstić information content (AvgIpc) is 3.84. The third-order valence-corrected chi connectivity index (χ3v) is 16.3. The molecule has 0 unspecified atom stereocenters. The summed E-state index contributed by atoms with van der Waals surface area (Å²) in [5.74, 6) is 0.940. The molecule has 2 heteroatoms. The lowest BCUT2D eigenvalue weighted by Gasteiger charge is -2.20. The Kier molecular flexibility index (Phi) is 8.97. The molecule has 0 fully saturated rings. The van der Waals surface area contributed by atoms with Gasteiger partial charge >= 0.3 is 0 Å². The second kappa shape index (κ2) is 14.6. The van der Waals surface area contributed by atoms with Crippen molar-refractivity contribution in [1.82, 2.24) is 0 Å². The van der Waals surface area contributed by atoms with Gasteiger partial charge in [-0.15, -0.1) is 22.7 Å². The van der Waals surface area contributed by atoms with Crippen molar-refractivity contribution in [1.29, 1.82) is 0 Å². The number of benzene rings is 10. The summed E-state index contributed by atoms with van der Waals surface area (Å²) in [6, 6.07) is 57.2. The van der Waals surface area contributed by atoms with Gasteiger partial charge in [-0.25, -0.2) is 0 Å². The third-order valence-electron chi connectivity index (χ3n) is 13.9. The molecule has 0 N–H and O–H groups in total. The summed E-state index contributed by atoms with van der Waals surface area (Å²) in [6.07, 6.45) is 0. The maximum absolute atomic E-state index is 2.56. The summed E-state index contributed by atoms with van der Waals surface area (Å²) < 4.78 is 5.40. The third kappa shape index (κ3) is 6.21. The van der Waals surface area contributed by atoms with Crippen molar-refractivity contribution in [3.63, 3.8) is 0 Å². The Labute approximate surface area is 383 Å². The molecule has 0 radical (unpaired) electrons. The number of rotatable bonds is 6. The van der Waals surface area contributed by atoms with Crippen molar-refractivity contribution in [3.05, 3.63) is 179 Å². The maximum Gasteiger partial charge on any atom is 0.0434 e. The molecule has 0 amide bonds. The van der Waals surface area contributed by atoms with Crippen LogP contribution in [0.3, 0.4) is 0 Å². The van der Waals surface area contributed by atoms with Crippen LogP contribution in [0, 0.1) is 27.7 Å². The standard InChI is InChI=1S/C62H50S2/c1-33(2)39-9-13-41(14-10-39)49-29-55-60-52(32-54-48-20-18-44(28-58(48)63-61(54)55)46-25-37(7)22-38(8)26-46)50(42-15-11-40(12-16-42)34(3)4)30-56-59(60)51(49)31-53-47-19-17-43(27-57(47)64-62(53)56)45-23-35(5)21-36(6)24-45/h9-34H,1-8H3. The Bertz CT molecular complexity index is 3550. The van der Waals surface area contributed by atoms with E-state index in [0.29, 0.717) is 11.8 Å². The van der Waals surface area contributed by atoms with Gasteiger partial charge in [-0.2, -0.15) is 0 Å². The summed E-state index contributed by atoms with van der Waals surface area (Å²) in [4.78, 5) is 0. The van der Waals surface area contributed by atoms with Gasteiger partial charge in [0.1, 0.15) is 0 Å². The number of aryl methyl sites for hydroxylation is 4. The minimum atomic E-state index is 0.470. The number of hydrogen-bond donors (Lipinski definition) is 0. The second-order valence-electron chi connectivity index (χ2n) is 19.2. The van der Waals surface area contributed by atoms with Crippen LogP contribution in [0.2, 0.25) is 0 Å². The lowest BCUT2D eigenvalue weighted by Crippen LogP contribution is -1.93. The minimum absolute atomic E-state index is 0.470. The zero-order valence-electron chi connectivity index (χ0n) is 37.8. The molecule has 0 saturated carbocycles. The fourth-order valence-corrected chi connectivity index (χ4v) is 13.3. The Morgan fingerprint density at radius 1 is 0.297 bits per heavy atom. The van der Waals surface area contributed by atoms with Crippen LogP contribution in [0.15, 0.2) is 146 Å². The highest BCUT2D eigenvalue weighted by Crippen LogP contribution is 2.53. The summed E-state index contributed by atoms with van der Waals surface area (Å²) in [6.45, 7) is 18.0. The molecule has 12 aromatic rings. The summed E-state index contributed by atoms with van der Waals surface area (Å²) in [5.41, 5.74) is 18.2. The van der Waals surface area contributed by atoms with E-state index in [-0.39, 0.29) is 0 Å². The van der Waals surface area contributed by atoms with Crippen molar-refractivity contribution in [3.8, 4) is 44.5 Å². The first-order chi connectivity index (χ1) is 30.9. The topological polar surface area (TPSA) is 0 Å². The Morgan fingerprint density at radius 2 is 0.656 bits per heavy atom. The van der Waals surface area contributed by atoms with Gasteiger partial charge in [0, 0.05) is 51.1 Å². The van der Waals surface area contributed by atoms with Crippen LogP contribution < -0.4 is 0 Å². The highest BCUT2D eigenvalue weighted by atomic mass is 32.1. The van der Waals surface area contributed by atoms with Crippen LogP contribution in [0.5, 0.6) is 0 Å². The van der Waals surface area contributed by atoms with E-state index in [1.165, 1.54) is 151 Å². The monoisotopic (exact) mass is 858 g/mol. The fourth-order valence-electron chi connectivity index (χ4n) is 10.8. The van der Waals surface area contributed by atoms with Crippen LogP contribution >= 0.6 is 22.7 Å². The van der Waals surface area contributed by atoms with Gasteiger partial charge in [0.2, 0.25) is 0 Å². The van der Waals surface area contributed by atoms with E-state index < -0.39 is 0 Å². The number of hydrogen-bond acceptors (Lipinski definition) is 2. The van der Waals surface area contributed by atoms with Gasteiger partial charge in [0.15, 0.2) is 0 Å². The molecule has 12 rings (SSSR count). The van der Waals surface area contributed by atoms with E-state index in [1.54, 1.807) is 0 Å². The van der Waals surface area contributed by atoms with Crippen LogP contribution in [0.1, 0.15) is 72.9 Å². The van der Waals surface area contributed by atoms with Gasteiger partial charge in [-0.05, 0) is 153 Å². The molecule has 0 aliphatic rings. The van der Waals surface area contributed by atoms with Crippen molar-refractivity contribution >= 4 is 95.3 Å². The van der Waals surface area contributed by atoms with E-state index in [1.807, 2.05) is 22.7 Å². The summed E-state index contributed by atoms with van der Waals surface area (Å²) >= 11 is 3.92. The van der Waals surface area contributed by atoms with Crippen molar-refractivity contribution in [2.24, 2.45) is 0 Å². The largest absolute Gasteiger partial charge is 0.135 e. The van der Waals surface area contributed by atoms with Crippen molar-refractivity contribution in [2.75, 3.05) is 0 Å². The quantitative estimate of drug-likeness (QED) is 0.146. The molecular weight excluding hydrogens is 809 g/mol. The first kappa shape index (κ1) is 39.3. The molecule has 0 atom stereocenters. The Balaban J connectivity index is 1.22. The minimum Gasteiger partial charge on any atom is -0.135 e. The molecule has 64 heavy (non-hydrogen) atoms. The van der Waals surface area contributed by atoms with Gasteiger partial charge in [0.25, 0.3) is 0 Å². The van der Waals surface area contributed by atoms with Crippen molar-refractivity contribution < 1.29 is 0 Å².